The summed E-state index contributed by atoms with van der Waals surface area (Å²) in [7, 11) is 0. The van der Waals surface area contributed by atoms with Crippen molar-refractivity contribution in [1.29, 1.82) is 0 Å². The molecule has 1 aromatic carbocycles. The van der Waals surface area contributed by atoms with E-state index in [1.807, 2.05) is 11.0 Å². The van der Waals surface area contributed by atoms with Gasteiger partial charge in [-0.05, 0) is 61.7 Å². The van der Waals surface area contributed by atoms with Gasteiger partial charge in [0.1, 0.15) is 0 Å². The van der Waals surface area contributed by atoms with Gasteiger partial charge in [0.15, 0.2) is 0 Å². The van der Waals surface area contributed by atoms with E-state index in [1.165, 1.54) is 6.20 Å². The fraction of sp³-hybridized carbons (Fsp3) is 0.350. The Morgan fingerprint density at radius 2 is 2.11 bits per heavy atom. The molecule has 2 aromatic rings. The van der Waals surface area contributed by atoms with Gasteiger partial charge in [0.2, 0.25) is 5.91 Å². The molecule has 2 amide bonds. The predicted octanol–water partition coefficient (Wildman–Crippen LogP) is 3.07. The summed E-state index contributed by atoms with van der Waals surface area (Å²) in [5.41, 5.74) is 7.51. The molecule has 6 nitrogen and oxygen atoms in total. The first kappa shape index (κ1) is 19.3. The molecular weight excluding hydrogens is 364 g/mol. The number of nitrogens with one attached hydrogen (secondary N) is 1. The van der Waals surface area contributed by atoms with E-state index in [1.54, 1.807) is 30.5 Å². The van der Waals surface area contributed by atoms with Crippen molar-refractivity contribution in [3.05, 3.63) is 58.9 Å². The Kier molecular flexibility index (Phi) is 6.42. The minimum Gasteiger partial charge on any atom is -0.338 e. The van der Waals surface area contributed by atoms with Crippen LogP contribution in [0.5, 0.6) is 0 Å². The molecule has 0 atom stereocenters. The number of amides is 2. The molecular formula is C20H23ClN4O2. The number of aromatic nitrogens is 1. The van der Waals surface area contributed by atoms with Gasteiger partial charge in [-0.3, -0.25) is 14.6 Å². The molecule has 0 saturated heterocycles. The van der Waals surface area contributed by atoms with Gasteiger partial charge >= 0.3 is 0 Å². The standard InChI is InChI=1S/C20H23ClN4O2/c21-18-7-6-17(24-19(26)15-3-1-9-23-12-15)11-16(18)13-25(10-2-8-22)20(27)14-4-5-14/h1,3,6-7,9,11-12,14H,2,4-5,8,10,13,22H2,(H,24,26). The zero-order chi connectivity index (χ0) is 19.2. The predicted molar refractivity (Wildman–Crippen MR) is 105 cm³/mol. The van der Waals surface area contributed by atoms with Gasteiger partial charge in [-0.1, -0.05) is 11.6 Å². The fourth-order valence-electron chi connectivity index (χ4n) is 2.82. The number of anilines is 1. The van der Waals surface area contributed by atoms with E-state index < -0.39 is 0 Å². The van der Waals surface area contributed by atoms with Gasteiger partial charge in [0.25, 0.3) is 5.91 Å². The highest BCUT2D eigenvalue weighted by Gasteiger charge is 2.33. The Hall–Kier alpha value is -2.44. The topological polar surface area (TPSA) is 88.3 Å². The van der Waals surface area contributed by atoms with Gasteiger partial charge < -0.3 is 16.0 Å². The van der Waals surface area contributed by atoms with Crippen LogP contribution in [0.2, 0.25) is 5.02 Å². The molecule has 1 aliphatic carbocycles. The second-order valence-electron chi connectivity index (χ2n) is 6.68. The van der Waals surface area contributed by atoms with E-state index >= 15 is 0 Å². The van der Waals surface area contributed by atoms with Gasteiger partial charge in [-0.15, -0.1) is 0 Å². The Bertz CT molecular complexity index is 809. The molecule has 0 unspecified atom stereocenters. The minimum absolute atomic E-state index is 0.134. The molecule has 142 valence electrons. The van der Waals surface area contributed by atoms with Crippen molar-refractivity contribution in [3.8, 4) is 0 Å². The van der Waals surface area contributed by atoms with E-state index in [4.69, 9.17) is 17.3 Å². The molecule has 3 N–H and O–H groups in total. The Morgan fingerprint density at radius 1 is 1.30 bits per heavy atom. The normalized spacial score (nSPS) is 13.3. The van der Waals surface area contributed by atoms with Gasteiger partial charge in [-0.25, -0.2) is 0 Å². The summed E-state index contributed by atoms with van der Waals surface area (Å²) >= 11 is 6.34. The smallest absolute Gasteiger partial charge is 0.257 e. The summed E-state index contributed by atoms with van der Waals surface area (Å²) in [4.78, 5) is 30.6. The number of carbonyl (C=O) groups is 2. The zero-order valence-electron chi connectivity index (χ0n) is 15.0. The summed E-state index contributed by atoms with van der Waals surface area (Å²) in [6.45, 7) is 1.54. The van der Waals surface area contributed by atoms with Crippen molar-refractivity contribution in [1.82, 2.24) is 9.88 Å². The summed E-state index contributed by atoms with van der Waals surface area (Å²) in [5, 5.41) is 3.41. The highest BCUT2D eigenvalue weighted by Crippen LogP contribution is 2.32. The zero-order valence-corrected chi connectivity index (χ0v) is 15.8. The first-order valence-corrected chi connectivity index (χ1v) is 9.45. The largest absolute Gasteiger partial charge is 0.338 e. The Labute approximate surface area is 163 Å². The Morgan fingerprint density at radius 3 is 2.78 bits per heavy atom. The van der Waals surface area contributed by atoms with Crippen LogP contribution in [0.1, 0.15) is 35.2 Å². The molecule has 0 spiro atoms. The third kappa shape index (κ3) is 5.28. The SMILES string of the molecule is NCCCN(Cc1cc(NC(=O)c2cccnc2)ccc1Cl)C(=O)C1CC1. The highest BCUT2D eigenvalue weighted by atomic mass is 35.5. The molecule has 27 heavy (non-hydrogen) atoms. The maximum Gasteiger partial charge on any atom is 0.257 e. The van der Waals surface area contributed by atoms with E-state index in [0.717, 1.165) is 24.8 Å². The number of rotatable bonds is 8. The second kappa shape index (κ2) is 8.97. The number of pyridine rings is 1. The average Bonchev–Trinajstić information content (AvgIpc) is 3.53. The lowest BCUT2D eigenvalue weighted by molar-refractivity contribution is -0.133. The molecule has 1 aromatic heterocycles. The van der Waals surface area contributed by atoms with E-state index in [0.29, 0.717) is 35.9 Å². The lowest BCUT2D eigenvalue weighted by Gasteiger charge is -2.23. The molecule has 3 rings (SSSR count). The van der Waals surface area contributed by atoms with Gasteiger partial charge in [-0.2, -0.15) is 0 Å². The van der Waals surface area contributed by atoms with Crippen LogP contribution >= 0.6 is 11.6 Å². The van der Waals surface area contributed by atoms with E-state index in [-0.39, 0.29) is 17.7 Å². The summed E-state index contributed by atoms with van der Waals surface area (Å²) in [6.07, 6.45) is 5.77. The second-order valence-corrected chi connectivity index (χ2v) is 7.09. The van der Waals surface area contributed by atoms with Crippen LogP contribution in [0.25, 0.3) is 0 Å². The Balaban J connectivity index is 1.73. The van der Waals surface area contributed by atoms with E-state index in [9.17, 15) is 9.59 Å². The lowest BCUT2D eigenvalue weighted by atomic mass is 10.1. The van der Waals surface area contributed by atoms with Crippen LogP contribution in [0, 0.1) is 5.92 Å². The summed E-state index contributed by atoms with van der Waals surface area (Å²) in [5.74, 6) is 0.0461. The number of carbonyl (C=O) groups excluding carboxylic acids is 2. The van der Waals surface area contributed by atoms with Crippen LogP contribution in [-0.2, 0) is 11.3 Å². The van der Waals surface area contributed by atoms with Crippen molar-refractivity contribution in [2.45, 2.75) is 25.8 Å². The molecule has 0 bridgehead atoms. The molecule has 0 radical (unpaired) electrons. The minimum atomic E-state index is -0.245. The maximum atomic E-state index is 12.5. The number of hydrogen-bond acceptors (Lipinski definition) is 4. The first-order valence-electron chi connectivity index (χ1n) is 9.07. The fourth-order valence-corrected chi connectivity index (χ4v) is 2.99. The van der Waals surface area contributed by atoms with Crippen molar-refractivity contribution < 1.29 is 9.59 Å². The maximum absolute atomic E-state index is 12.5. The molecule has 0 aliphatic heterocycles. The molecule has 1 fully saturated rings. The molecule has 1 saturated carbocycles. The molecule has 1 heterocycles. The van der Waals surface area contributed by atoms with Crippen LogP contribution in [0.4, 0.5) is 5.69 Å². The van der Waals surface area contributed by atoms with E-state index in [2.05, 4.69) is 10.3 Å². The third-order valence-electron chi connectivity index (χ3n) is 4.46. The highest BCUT2D eigenvalue weighted by molar-refractivity contribution is 6.31. The van der Waals surface area contributed by atoms with Crippen molar-refractivity contribution in [2.24, 2.45) is 11.7 Å². The number of nitrogens with zero attached hydrogens (tertiary/aromatic N) is 2. The summed E-state index contributed by atoms with van der Waals surface area (Å²) in [6, 6.07) is 8.70. The molecule has 1 aliphatic rings. The van der Waals surface area contributed by atoms with Crippen LogP contribution in [0.15, 0.2) is 42.7 Å². The molecule has 7 heteroatoms. The first-order chi connectivity index (χ1) is 13.1. The van der Waals surface area contributed by atoms with Crippen molar-refractivity contribution in [3.63, 3.8) is 0 Å². The number of hydrogen-bond donors (Lipinski definition) is 2. The monoisotopic (exact) mass is 386 g/mol. The number of benzene rings is 1. The van der Waals surface area contributed by atoms with Crippen LogP contribution in [-0.4, -0.2) is 34.8 Å². The van der Waals surface area contributed by atoms with Crippen LogP contribution < -0.4 is 11.1 Å². The van der Waals surface area contributed by atoms with Crippen molar-refractivity contribution >= 4 is 29.1 Å². The average molecular weight is 387 g/mol. The lowest BCUT2D eigenvalue weighted by Crippen LogP contribution is -2.33. The number of nitrogens with two attached hydrogens (primary N) is 1. The van der Waals surface area contributed by atoms with Crippen molar-refractivity contribution in [2.75, 3.05) is 18.4 Å². The summed E-state index contributed by atoms with van der Waals surface area (Å²) < 4.78 is 0. The quantitative estimate of drug-likeness (QED) is 0.729. The van der Waals surface area contributed by atoms with Gasteiger partial charge in [0, 0.05) is 42.1 Å². The third-order valence-corrected chi connectivity index (χ3v) is 4.83. The van der Waals surface area contributed by atoms with Gasteiger partial charge in [0.05, 0.1) is 5.56 Å². The number of halogens is 1. The van der Waals surface area contributed by atoms with Crippen LogP contribution in [0.3, 0.4) is 0 Å².